The van der Waals surface area contributed by atoms with Crippen LogP contribution < -0.4 is 10.1 Å². The number of para-hydroxylation sites is 1. The number of anilines is 1. The van der Waals surface area contributed by atoms with Gasteiger partial charge in [-0.15, -0.1) is 0 Å². The lowest BCUT2D eigenvalue weighted by molar-refractivity contribution is 0.306. The summed E-state index contributed by atoms with van der Waals surface area (Å²) in [4.78, 5) is 0. The lowest BCUT2D eigenvalue weighted by Crippen LogP contribution is -2.13. The Morgan fingerprint density at radius 3 is 2.89 bits per heavy atom. The van der Waals surface area contributed by atoms with Gasteiger partial charge in [-0.1, -0.05) is 36.4 Å². The minimum absolute atomic E-state index is 0.630. The molecule has 1 aliphatic rings. The maximum absolute atomic E-state index is 6.01. The minimum Gasteiger partial charge on any atom is -0.487 e. The van der Waals surface area contributed by atoms with Gasteiger partial charge < -0.3 is 10.1 Å². The monoisotopic (exact) mass is 253 g/mol. The number of hydrogen-bond acceptors (Lipinski definition) is 2. The third-order valence-electron chi connectivity index (χ3n) is 3.68. The first-order chi connectivity index (χ1) is 9.34. The molecule has 0 aliphatic carbocycles. The number of nitrogens with one attached hydrogen (secondary N) is 1. The molecule has 0 aromatic heterocycles. The van der Waals surface area contributed by atoms with Crippen LogP contribution in [-0.4, -0.2) is 6.54 Å². The second-order valence-corrected chi connectivity index (χ2v) is 5.04. The number of rotatable bonds is 3. The van der Waals surface area contributed by atoms with Crippen LogP contribution in [-0.2, 0) is 13.0 Å². The summed E-state index contributed by atoms with van der Waals surface area (Å²) in [6.45, 7) is 3.79. The molecule has 1 aliphatic heterocycles. The number of ether oxygens (including phenoxy) is 1. The Kier molecular flexibility index (Phi) is 3.41. The van der Waals surface area contributed by atoms with Gasteiger partial charge in [0.1, 0.15) is 12.4 Å². The summed E-state index contributed by atoms with van der Waals surface area (Å²) in [5.74, 6) is 0.973. The van der Waals surface area contributed by atoms with Gasteiger partial charge in [-0.25, -0.2) is 0 Å². The van der Waals surface area contributed by atoms with Crippen molar-refractivity contribution < 1.29 is 4.74 Å². The number of aryl methyl sites for hydroxylation is 2. The summed E-state index contributed by atoms with van der Waals surface area (Å²) in [5.41, 5.74) is 5.08. The zero-order valence-electron chi connectivity index (χ0n) is 11.3. The average Bonchev–Trinajstić information content (AvgIpc) is 2.46. The first kappa shape index (κ1) is 12.1. The molecule has 3 rings (SSSR count). The third-order valence-corrected chi connectivity index (χ3v) is 3.68. The number of benzene rings is 2. The van der Waals surface area contributed by atoms with Gasteiger partial charge >= 0.3 is 0 Å². The highest BCUT2D eigenvalue weighted by molar-refractivity contribution is 5.63. The van der Waals surface area contributed by atoms with Crippen molar-refractivity contribution in [3.05, 3.63) is 59.2 Å². The largest absolute Gasteiger partial charge is 0.487 e. The minimum atomic E-state index is 0.630. The Hall–Kier alpha value is -1.96. The van der Waals surface area contributed by atoms with Gasteiger partial charge in [-0.05, 0) is 42.5 Å². The molecule has 0 saturated heterocycles. The molecule has 1 N–H and O–H groups in total. The predicted octanol–water partition coefficient (Wildman–Crippen LogP) is 3.93. The van der Waals surface area contributed by atoms with E-state index in [2.05, 4.69) is 54.7 Å². The van der Waals surface area contributed by atoms with E-state index < -0.39 is 0 Å². The molecule has 0 unspecified atom stereocenters. The van der Waals surface area contributed by atoms with Crippen LogP contribution in [0.5, 0.6) is 5.75 Å². The molecule has 2 aromatic carbocycles. The Morgan fingerprint density at radius 1 is 1.11 bits per heavy atom. The van der Waals surface area contributed by atoms with Crippen LogP contribution in [0, 0.1) is 6.92 Å². The second-order valence-electron chi connectivity index (χ2n) is 5.04. The van der Waals surface area contributed by atoms with E-state index in [1.165, 1.54) is 28.8 Å². The Morgan fingerprint density at radius 2 is 2.00 bits per heavy atom. The van der Waals surface area contributed by atoms with Crippen LogP contribution in [0.3, 0.4) is 0 Å². The summed E-state index contributed by atoms with van der Waals surface area (Å²) in [5, 5.41) is 3.46. The molecule has 2 nitrogen and oxygen atoms in total. The SMILES string of the molecule is Cc1ccccc1COc1cccc2c1NCCC2. The molecule has 0 spiro atoms. The van der Waals surface area contributed by atoms with E-state index in [0.29, 0.717) is 6.61 Å². The van der Waals surface area contributed by atoms with Gasteiger partial charge in [0.15, 0.2) is 0 Å². The van der Waals surface area contributed by atoms with Crippen LogP contribution >= 0.6 is 0 Å². The Balaban J connectivity index is 1.79. The van der Waals surface area contributed by atoms with Crippen molar-refractivity contribution in [3.8, 4) is 5.75 Å². The Bertz CT molecular complexity index is 577. The average molecular weight is 253 g/mol. The third kappa shape index (κ3) is 2.58. The van der Waals surface area contributed by atoms with Crippen LogP contribution in [0.25, 0.3) is 0 Å². The first-order valence-corrected chi connectivity index (χ1v) is 6.87. The van der Waals surface area contributed by atoms with E-state index in [9.17, 15) is 0 Å². The van der Waals surface area contributed by atoms with Crippen molar-refractivity contribution in [2.24, 2.45) is 0 Å². The summed E-state index contributed by atoms with van der Waals surface area (Å²) in [7, 11) is 0. The second kappa shape index (κ2) is 5.35. The van der Waals surface area contributed by atoms with Gasteiger partial charge in [0.05, 0.1) is 5.69 Å². The van der Waals surface area contributed by atoms with Crippen LogP contribution in [0.4, 0.5) is 5.69 Å². The molecular weight excluding hydrogens is 234 g/mol. The van der Waals surface area contributed by atoms with Gasteiger partial charge in [0.2, 0.25) is 0 Å². The van der Waals surface area contributed by atoms with Gasteiger partial charge in [-0.2, -0.15) is 0 Å². The van der Waals surface area contributed by atoms with Crippen molar-refractivity contribution in [1.82, 2.24) is 0 Å². The van der Waals surface area contributed by atoms with E-state index in [0.717, 1.165) is 18.7 Å². The molecule has 2 heteroatoms. The molecular formula is C17H19NO. The van der Waals surface area contributed by atoms with Crippen molar-refractivity contribution in [2.75, 3.05) is 11.9 Å². The maximum atomic E-state index is 6.01. The van der Waals surface area contributed by atoms with Gasteiger partial charge in [0, 0.05) is 6.54 Å². The topological polar surface area (TPSA) is 21.3 Å². The predicted molar refractivity (Wildman–Crippen MR) is 78.8 cm³/mol. The zero-order chi connectivity index (χ0) is 13.1. The Labute approximate surface area is 114 Å². The quantitative estimate of drug-likeness (QED) is 0.894. The first-order valence-electron chi connectivity index (χ1n) is 6.87. The molecule has 0 bridgehead atoms. The van der Waals surface area contributed by atoms with Gasteiger partial charge in [-0.3, -0.25) is 0 Å². The highest BCUT2D eigenvalue weighted by Crippen LogP contribution is 2.32. The fourth-order valence-corrected chi connectivity index (χ4v) is 2.53. The van der Waals surface area contributed by atoms with Crippen molar-refractivity contribution in [1.29, 1.82) is 0 Å². The lowest BCUT2D eigenvalue weighted by Gasteiger charge is -2.21. The zero-order valence-corrected chi connectivity index (χ0v) is 11.3. The smallest absolute Gasteiger partial charge is 0.143 e. The van der Waals surface area contributed by atoms with Gasteiger partial charge in [0.25, 0.3) is 0 Å². The van der Waals surface area contributed by atoms with Crippen LogP contribution in [0.1, 0.15) is 23.1 Å². The molecule has 19 heavy (non-hydrogen) atoms. The summed E-state index contributed by atoms with van der Waals surface area (Å²) in [6.07, 6.45) is 2.35. The molecule has 0 fully saturated rings. The van der Waals surface area contributed by atoms with E-state index in [4.69, 9.17) is 4.74 Å². The van der Waals surface area contributed by atoms with Crippen molar-refractivity contribution >= 4 is 5.69 Å². The molecule has 0 amide bonds. The fraction of sp³-hybridized carbons (Fsp3) is 0.294. The van der Waals surface area contributed by atoms with Crippen LogP contribution in [0.2, 0.25) is 0 Å². The molecule has 0 radical (unpaired) electrons. The van der Waals surface area contributed by atoms with E-state index in [1.807, 2.05) is 0 Å². The standard InChI is InChI=1S/C17H19NO/c1-13-6-2-3-7-15(13)12-19-16-10-4-8-14-9-5-11-18-17(14)16/h2-4,6-8,10,18H,5,9,11-12H2,1H3. The highest BCUT2D eigenvalue weighted by atomic mass is 16.5. The van der Waals surface area contributed by atoms with Crippen LogP contribution in [0.15, 0.2) is 42.5 Å². The van der Waals surface area contributed by atoms with Crippen molar-refractivity contribution in [2.45, 2.75) is 26.4 Å². The fourth-order valence-electron chi connectivity index (χ4n) is 2.53. The normalized spacial score (nSPS) is 13.5. The molecule has 0 saturated carbocycles. The van der Waals surface area contributed by atoms with Crippen molar-refractivity contribution in [3.63, 3.8) is 0 Å². The van der Waals surface area contributed by atoms with E-state index in [1.54, 1.807) is 0 Å². The molecule has 1 heterocycles. The van der Waals surface area contributed by atoms with E-state index in [-0.39, 0.29) is 0 Å². The summed E-state index contributed by atoms with van der Waals surface area (Å²) >= 11 is 0. The molecule has 98 valence electrons. The summed E-state index contributed by atoms with van der Waals surface area (Å²) in [6, 6.07) is 14.7. The number of fused-ring (bicyclic) bond motifs is 1. The number of hydrogen-bond donors (Lipinski definition) is 1. The molecule has 0 atom stereocenters. The lowest BCUT2D eigenvalue weighted by atomic mass is 10.0. The summed E-state index contributed by atoms with van der Waals surface area (Å²) < 4.78 is 6.01. The molecule has 2 aromatic rings. The maximum Gasteiger partial charge on any atom is 0.143 e. The van der Waals surface area contributed by atoms with E-state index >= 15 is 0 Å². The highest BCUT2D eigenvalue weighted by Gasteiger charge is 2.13.